The van der Waals surface area contributed by atoms with Crippen LogP contribution in [0.25, 0.3) is 0 Å². The first-order valence-electron chi connectivity index (χ1n) is 8.86. The Morgan fingerprint density at radius 1 is 1.12 bits per heavy atom. The second-order valence-electron chi connectivity index (χ2n) is 6.03. The molecule has 0 N–H and O–H groups in total. The Morgan fingerprint density at radius 2 is 1.75 bits per heavy atom. The predicted molar refractivity (Wildman–Crippen MR) is 98.8 cm³/mol. The molecule has 4 nitrogen and oxygen atoms in total. The number of hydrogen-bond acceptors (Lipinski definition) is 3. The molecule has 1 rings (SSSR count). The summed E-state index contributed by atoms with van der Waals surface area (Å²) in [6, 6.07) is 9.85. The van der Waals surface area contributed by atoms with Crippen molar-refractivity contribution in [1.82, 2.24) is 4.90 Å². The lowest BCUT2D eigenvalue weighted by atomic mass is 10.0. The maximum absolute atomic E-state index is 11.9. The highest BCUT2D eigenvalue weighted by molar-refractivity contribution is 5.78. The van der Waals surface area contributed by atoms with E-state index < -0.39 is 0 Å². The van der Waals surface area contributed by atoms with Crippen molar-refractivity contribution in [1.29, 1.82) is 0 Å². The van der Waals surface area contributed by atoms with Crippen molar-refractivity contribution in [3.05, 3.63) is 35.9 Å². The molecule has 0 spiro atoms. The van der Waals surface area contributed by atoms with Crippen LogP contribution in [0, 0.1) is 5.92 Å². The summed E-state index contributed by atoms with van der Waals surface area (Å²) in [5.74, 6) is 0.630. The molecule has 1 aromatic rings. The van der Waals surface area contributed by atoms with Gasteiger partial charge in [-0.15, -0.1) is 0 Å². The van der Waals surface area contributed by atoms with Crippen LogP contribution >= 0.6 is 0 Å². The van der Waals surface area contributed by atoms with Gasteiger partial charge in [0.1, 0.15) is 12.4 Å². The molecule has 0 fully saturated rings. The fraction of sp³-hybridized carbons (Fsp3) is 0.600. The number of benzene rings is 1. The van der Waals surface area contributed by atoms with Crippen molar-refractivity contribution < 1.29 is 14.3 Å². The molecule has 0 bridgehead atoms. The lowest BCUT2D eigenvalue weighted by Crippen LogP contribution is -2.30. The van der Waals surface area contributed by atoms with Gasteiger partial charge >= 0.3 is 0 Å². The SMILES string of the molecule is CC.CC(C)CC(=O)CCCOCC(=O)N(C)Cc1ccccc1. The van der Waals surface area contributed by atoms with E-state index in [-0.39, 0.29) is 18.3 Å². The Hall–Kier alpha value is -1.68. The molecule has 136 valence electrons. The summed E-state index contributed by atoms with van der Waals surface area (Å²) >= 11 is 0. The molecule has 0 aromatic heterocycles. The van der Waals surface area contributed by atoms with Gasteiger partial charge in [0.2, 0.25) is 5.91 Å². The number of carbonyl (C=O) groups excluding carboxylic acids is 2. The number of rotatable bonds is 10. The predicted octanol–water partition coefficient (Wildman–Crippen LogP) is 4.08. The molecule has 1 amide bonds. The summed E-state index contributed by atoms with van der Waals surface area (Å²) in [6.07, 6.45) is 1.84. The Morgan fingerprint density at radius 3 is 2.33 bits per heavy atom. The molecule has 0 aliphatic carbocycles. The minimum absolute atomic E-state index is 0.0441. The van der Waals surface area contributed by atoms with Crippen molar-refractivity contribution >= 4 is 11.7 Å². The quantitative estimate of drug-likeness (QED) is 0.605. The zero-order valence-corrected chi connectivity index (χ0v) is 15.9. The van der Waals surface area contributed by atoms with E-state index >= 15 is 0 Å². The highest BCUT2D eigenvalue weighted by Gasteiger charge is 2.09. The zero-order valence-electron chi connectivity index (χ0n) is 15.9. The lowest BCUT2D eigenvalue weighted by Gasteiger charge is -2.17. The highest BCUT2D eigenvalue weighted by Crippen LogP contribution is 2.05. The van der Waals surface area contributed by atoms with Gasteiger partial charge in [0.05, 0.1) is 0 Å². The Kier molecular flexibility index (Phi) is 12.8. The number of likely N-dealkylation sites (N-methyl/N-ethyl adjacent to an activating group) is 1. The summed E-state index contributed by atoms with van der Waals surface area (Å²) in [7, 11) is 1.77. The molecular weight excluding hydrogens is 302 g/mol. The molecule has 1 aromatic carbocycles. The molecule has 0 aliphatic rings. The first-order chi connectivity index (χ1) is 11.5. The van der Waals surface area contributed by atoms with E-state index in [1.165, 1.54) is 0 Å². The molecule has 24 heavy (non-hydrogen) atoms. The van der Waals surface area contributed by atoms with Crippen LogP contribution < -0.4 is 0 Å². The average molecular weight is 335 g/mol. The van der Waals surface area contributed by atoms with E-state index in [0.717, 1.165) is 5.56 Å². The van der Waals surface area contributed by atoms with Gasteiger partial charge in [-0.25, -0.2) is 0 Å². The second-order valence-corrected chi connectivity index (χ2v) is 6.03. The van der Waals surface area contributed by atoms with Gasteiger partial charge in [-0.1, -0.05) is 58.0 Å². The third-order valence-electron chi connectivity index (χ3n) is 3.29. The first kappa shape index (κ1) is 22.3. The largest absolute Gasteiger partial charge is 0.372 e. The number of ketones is 1. The van der Waals surface area contributed by atoms with Crippen molar-refractivity contribution in [3.8, 4) is 0 Å². The summed E-state index contributed by atoms with van der Waals surface area (Å²) in [5.41, 5.74) is 1.10. The summed E-state index contributed by atoms with van der Waals surface area (Å²) < 4.78 is 5.37. The van der Waals surface area contributed by atoms with Crippen molar-refractivity contribution in [3.63, 3.8) is 0 Å². The maximum atomic E-state index is 11.9. The smallest absolute Gasteiger partial charge is 0.248 e. The van der Waals surface area contributed by atoms with Crippen LogP contribution in [0.1, 0.15) is 52.5 Å². The average Bonchev–Trinajstić information content (AvgIpc) is 2.56. The molecule has 0 aliphatic heterocycles. The molecule has 0 saturated carbocycles. The highest BCUT2D eigenvalue weighted by atomic mass is 16.5. The molecule has 0 unspecified atom stereocenters. The molecule has 4 heteroatoms. The molecule has 0 atom stereocenters. The van der Waals surface area contributed by atoms with E-state index in [0.29, 0.717) is 38.3 Å². The monoisotopic (exact) mass is 335 g/mol. The second kappa shape index (κ2) is 13.7. The zero-order chi connectivity index (χ0) is 18.4. The van der Waals surface area contributed by atoms with Crippen LogP contribution in [0.5, 0.6) is 0 Å². The van der Waals surface area contributed by atoms with Crippen molar-refractivity contribution in [2.45, 2.75) is 53.5 Å². The summed E-state index contributed by atoms with van der Waals surface area (Å²) in [6.45, 7) is 9.18. The van der Waals surface area contributed by atoms with Gasteiger partial charge in [0, 0.05) is 33.0 Å². The van der Waals surface area contributed by atoms with E-state index in [4.69, 9.17) is 4.74 Å². The summed E-state index contributed by atoms with van der Waals surface area (Å²) in [4.78, 5) is 25.1. The maximum Gasteiger partial charge on any atom is 0.248 e. The molecule has 0 saturated heterocycles. The minimum atomic E-state index is -0.0441. The van der Waals surface area contributed by atoms with Crippen LogP contribution in [0.15, 0.2) is 30.3 Å². The fourth-order valence-electron chi connectivity index (χ4n) is 2.14. The fourth-order valence-corrected chi connectivity index (χ4v) is 2.14. The lowest BCUT2D eigenvalue weighted by molar-refractivity contribution is -0.135. The number of carbonyl (C=O) groups is 2. The topological polar surface area (TPSA) is 46.6 Å². The van der Waals surface area contributed by atoms with Crippen LogP contribution in [-0.2, 0) is 20.9 Å². The van der Waals surface area contributed by atoms with Gasteiger partial charge < -0.3 is 9.64 Å². The third-order valence-corrected chi connectivity index (χ3v) is 3.29. The van der Waals surface area contributed by atoms with E-state index in [2.05, 4.69) is 0 Å². The summed E-state index contributed by atoms with van der Waals surface area (Å²) in [5, 5.41) is 0. The van der Waals surface area contributed by atoms with Crippen molar-refractivity contribution in [2.24, 2.45) is 5.92 Å². The van der Waals surface area contributed by atoms with Gasteiger partial charge in [0.25, 0.3) is 0 Å². The Labute approximate surface area is 147 Å². The molecular formula is C20H33NO3. The van der Waals surface area contributed by atoms with E-state index in [1.54, 1.807) is 11.9 Å². The number of Topliss-reactive ketones (excluding diaryl/α,β-unsaturated/α-hetero) is 1. The number of nitrogens with zero attached hydrogens (tertiary/aromatic N) is 1. The molecule has 0 heterocycles. The first-order valence-corrected chi connectivity index (χ1v) is 8.86. The van der Waals surface area contributed by atoms with Gasteiger partial charge in [-0.05, 0) is 17.9 Å². The van der Waals surface area contributed by atoms with Crippen LogP contribution in [0.2, 0.25) is 0 Å². The van der Waals surface area contributed by atoms with E-state index in [1.807, 2.05) is 58.0 Å². The van der Waals surface area contributed by atoms with Crippen LogP contribution in [0.4, 0.5) is 0 Å². The normalized spacial score (nSPS) is 10.1. The standard InChI is InChI=1S/C18H27NO3.C2H6/c1-15(2)12-17(20)10-7-11-22-14-18(21)19(3)13-16-8-5-4-6-9-16;1-2/h4-6,8-9,15H,7,10-14H2,1-3H3;1-2H3. The van der Waals surface area contributed by atoms with Gasteiger partial charge in [-0.3, -0.25) is 9.59 Å². The van der Waals surface area contributed by atoms with Crippen LogP contribution in [-0.4, -0.2) is 36.9 Å². The number of amides is 1. The van der Waals surface area contributed by atoms with Crippen LogP contribution in [0.3, 0.4) is 0 Å². The number of hydrogen-bond donors (Lipinski definition) is 0. The third kappa shape index (κ3) is 10.9. The van der Waals surface area contributed by atoms with Gasteiger partial charge in [0.15, 0.2) is 0 Å². The Bertz CT molecular complexity index is 457. The molecule has 0 radical (unpaired) electrons. The van der Waals surface area contributed by atoms with Crippen molar-refractivity contribution in [2.75, 3.05) is 20.3 Å². The Balaban J connectivity index is 0.00000254. The number of ether oxygens (including phenoxy) is 1. The van der Waals surface area contributed by atoms with E-state index in [9.17, 15) is 9.59 Å². The van der Waals surface area contributed by atoms with Gasteiger partial charge in [-0.2, -0.15) is 0 Å². The minimum Gasteiger partial charge on any atom is -0.372 e.